The molecule has 0 bridgehead atoms. The standard InChI is InChI=1S/C19H36/c1-3-5-7-17-10-14-19(15-11-17)18-12-8-16(6-4-2)9-13-18/h16-19H,3-15H2,1-2H3/t16-,17-,18-,19-. The molecule has 112 valence electrons. The van der Waals surface area contributed by atoms with E-state index in [1.165, 1.54) is 32.1 Å². The molecule has 0 aromatic carbocycles. The van der Waals surface area contributed by atoms with E-state index in [0.717, 1.165) is 23.7 Å². The quantitative estimate of drug-likeness (QED) is 0.507. The number of rotatable bonds is 6. The van der Waals surface area contributed by atoms with Crippen molar-refractivity contribution in [3.8, 4) is 0 Å². The van der Waals surface area contributed by atoms with E-state index < -0.39 is 0 Å². The van der Waals surface area contributed by atoms with Gasteiger partial charge in [0.1, 0.15) is 0 Å². The van der Waals surface area contributed by atoms with Crippen LogP contribution in [0.5, 0.6) is 0 Å². The lowest BCUT2D eigenvalue weighted by Crippen LogP contribution is -2.25. The van der Waals surface area contributed by atoms with Crippen LogP contribution in [0.4, 0.5) is 0 Å². The van der Waals surface area contributed by atoms with Crippen LogP contribution in [0, 0.1) is 23.7 Å². The first-order valence-corrected chi connectivity index (χ1v) is 9.33. The highest BCUT2D eigenvalue weighted by Crippen LogP contribution is 2.42. The summed E-state index contributed by atoms with van der Waals surface area (Å²) in [6.45, 7) is 4.68. The summed E-state index contributed by atoms with van der Waals surface area (Å²) >= 11 is 0. The minimum atomic E-state index is 1.09. The zero-order chi connectivity index (χ0) is 13.5. The van der Waals surface area contributed by atoms with E-state index in [-0.39, 0.29) is 0 Å². The fourth-order valence-corrected chi connectivity index (χ4v) is 4.80. The molecule has 0 saturated heterocycles. The molecule has 2 saturated carbocycles. The second-order valence-corrected chi connectivity index (χ2v) is 7.49. The van der Waals surface area contributed by atoms with Gasteiger partial charge in [-0.2, -0.15) is 0 Å². The van der Waals surface area contributed by atoms with Gasteiger partial charge >= 0.3 is 0 Å². The van der Waals surface area contributed by atoms with Crippen molar-refractivity contribution in [1.82, 2.24) is 0 Å². The Morgan fingerprint density at radius 2 is 1.05 bits per heavy atom. The Morgan fingerprint density at radius 1 is 0.579 bits per heavy atom. The molecule has 0 unspecified atom stereocenters. The van der Waals surface area contributed by atoms with Crippen molar-refractivity contribution >= 4 is 0 Å². The minimum absolute atomic E-state index is 1.09. The third kappa shape index (κ3) is 4.80. The summed E-state index contributed by atoms with van der Waals surface area (Å²) in [5.41, 5.74) is 0. The van der Waals surface area contributed by atoms with Crippen LogP contribution in [0.15, 0.2) is 0 Å². The summed E-state index contributed by atoms with van der Waals surface area (Å²) in [5, 5.41) is 0. The molecule has 0 atom stereocenters. The molecule has 0 nitrogen and oxygen atoms in total. The normalized spacial score (nSPS) is 36.3. The van der Waals surface area contributed by atoms with Crippen molar-refractivity contribution < 1.29 is 0 Å². The molecule has 0 N–H and O–H groups in total. The van der Waals surface area contributed by atoms with E-state index >= 15 is 0 Å². The first kappa shape index (κ1) is 15.4. The number of hydrogen-bond acceptors (Lipinski definition) is 0. The van der Waals surface area contributed by atoms with E-state index in [9.17, 15) is 0 Å². The Morgan fingerprint density at radius 3 is 1.47 bits per heavy atom. The van der Waals surface area contributed by atoms with Crippen LogP contribution in [-0.2, 0) is 0 Å². The van der Waals surface area contributed by atoms with Crippen LogP contribution in [0.2, 0.25) is 0 Å². The van der Waals surface area contributed by atoms with Crippen LogP contribution >= 0.6 is 0 Å². The van der Waals surface area contributed by atoms with Crippen molar-refractivity contribution in [2.24, 2.45) is 23.7 Å². The highest BCUT2D eigenvalue weighted by Gasteiger charge is 2.30. The summed E-state index contributed by atoms with van der Waals surface area (Å²) < 4.78 is 0. The molecule has 2 aliphatic carbocycles. The molecule has 0 amide bonds. The number of unbranched alkanes of at least 4 members (excludes halogenated alkanes) is 1. The van der Waals surface area contributed by atoms with Gasteiger partial charge in [-0.25, -0.2) is 0 Å². The van der Waals surface area contributed by atoms with E-state index in [2.05, 4.69) is 13.8 Å². The fourth-order valence-electron chi connectivity index (χ4n) is 4.80. The van der Waals surface area contributed by atoms with E-state index in [1.54, 1.807) is 51.4 Å². The molecular formula is C19H36. The maximum Gasteiger partial charge on any atom is -0.0386 e. The summed E-state index contributed by atoms with van der Waals surface area (Å²) in [5.74, 6) is 4.40. The van der Waals surface area contributed by atoms with E-state index in [1.807, 2.05) is 0 Å². The molecule has 0 aromatic rings. The second kappa shape index (κ2) is 8.32. The fraction of sp³-hybridized carbons (Fsp3) is 1.00. The third-order valence-electron chi connectivity index (χ3n) is 6.11. The lowest BCUT2D eigenvalue weighted by atomic mass is 9.68. The molecule has 2 aliphatic rings. The van der Waals surface area contributed by atoms with Crippen molar-refractivity contribution in [2.75, 3.05) is 0 Å². The van der Waals surface area contributed by atoms with Crippen molar-refractivity contribution in [1.29, 1.82) is 0 Å². The summed E-state index contributed by atoms with van der Waals surface area (Å²) in [6.07, 6.45) is 19.8. The zero-order valence-electron chi connectivity index (χ0n) is 13.5. The van der Waals surface area contributed by atoms with Crippen molar-refractivity contribution in [3.05, 3.63) is 0 Å². The molecule has 19 heavy (non-hydrogen) atoms. The van der Waals surface area contributed by atoms with Crippen LogP contribution in [0.3, 0.4) is 0 Å². The van der Waals surface area contributed by atoms with Crippen LogP contribution in [0.1, 0.15) is 97.3 Å². The molecule has 0 radical (unpaired) electrons. The van der Waals surface area contributed by atoms with Gasteiger partial charge in [-0.05, 0) is 49.4 Å². The Kier molecular flexibility index (Phi) is 6.74. The highest BCUT2D eigenvalue weighted by molar-refractivity contribution is 4.82. The van der Waals surface area contributed by atoms with Gasteiger partial charge in [0.05, 0.1) is 0 Å². The summed E-state index contributed by atoms with van der Waals surface area (Å²) in [7, 11) is 0. The summed E-state index contributed by atoms with van der Waals surface area (Å²) in [6, 6.07) is 0. The molecule has 0 heterocycles. The maximum atomic E-state index is 2.35. The van der Waals surface area contributed by atoms with Crippen LogP contribution < -0.4 is 0 Å². The Hall–Kier alpha value is 0. The predicted molar refractivity (Wildman–Crippen MR) is 85.3 cm³/mol. The van der Waals surface area contributed by atoms with Gasteiger partial charge in [-0.15, -0.1) is 0 Å². The van der Waals surface area contributed by atoms with Crippen LogP contribution in [-0.4, -0.2) is 0 Å². The predicted octanol–water partition coefficient (Wildman–Crippen LogP) is 6.59. The first-order chi connectivity index (χ1) is 9.33. The van der Waals surface area contributed by atoms with Gasteiger partial charge in [0.2, 0.25) is 0 Å². The first-order valence-electron chi connectivity index (χ1n) is 9.33. The smallest absolute Gasteiger partial charge is 0.0386 e. The van der Waals surface area contributed by atoms with Gasteiger partial charge in [0.25, 0.3) is 0 Å². The molecule has 2 fully saturated rings. The van der Waals surface area contributed by atoms with Gasteiger partial charge in [-0.1, -0.05) is 71.6 Å². The largest absolute Gasteiger partial charge is 0.0654 e. The van der Waals surface area contributed by atoms with Gasteiger partial charge in [-0.3, -0.25) is 0 Å². The third-order valence-corrected chi connectivity index (χ3v) is 6.11. The maximum absolute atomic E-state index is 2.35. The SMILES string of the molecule is CCCC[C@H]1CC[C@H]([C@H]2CC[C@H](CCC)CC2)CC1. The van der Waals surface area contributed by atoms with Crippen molar-refractivity contribution in [3.63, 3.8) is 0 Å². The Balaban J connectivity index is 1.65. The zero-order valence-corrected chi connectivity index (χ0v) is 13.5. The van der Waals surface area contributed by atoms with Gasteiger partial charge in [0.15, 0.2) is 0 Å². The van der Waals surface area contributed by atoms with E-state index in [0.29, 0.717) is 0 Å². The molecule has 0 spiro atoms. The molecule has 0 aliphatic heterocycles. The number of hydrogen-bond donors (Lipinski definition) is 0. The summed E-state index contributed by atoms with van der Waals surface area (Å²) in [4.78, 5) is 0. The Bertz CT molecular complexity index is 216. The van der Waals surface area contributed by atoms with Gasteiger partial charge < -0.3 is 0 Å². The topological polar surface area (TPSA) is 0 Å². The van der Waals surface area contributed by atoms with Crippen LogP contribution in [0.25, 0.3) is 0 Å². The minimum Gasteiger partial charge on any atom is -0.0654 e. The highest BCUT2D eigenvalue weighted by atomic mass is 14.4. The average Bonchev–Trinajstić information content (AvgIpc) is 2.47. The molecule has 0 heteroatoms. The molecule has 2 rings (SSSR count). The lowest BCUT2D eigenvalue weighted by Gasteiger charge is -2.38. The monoisotopic (exact) mass is 264 g/mol. The molecule has 0 aromatic heterocycles. The van der Waals surface area contributed by atoms with Gasteiger partial charge in [0, 0.05) is 0 Å². The Labute approximate surface area is 121 Å². The van der Waals surface area contributed by atoms with E-state index in [4.69, 9.17) is 0 Å². The second-order valence-electron chi connectivity index (χ2n) is 7.49. The molecular weight excluding hydrogens is 228 g/mol. The average molecular weight is 264 g/mol. The lowest BCUT2D eigenvalue weighted by molar-refractivity contribution is 0.140. The van der Waals surface area contributed by atoms with Crippen molar-refractivity contribution in [2.45, 2.75) is 97.3 Å².